The summed E-state index contributed by atoms with van der Waals surface area (Å²) in [5.41, 5.74) is 12.6. The first-order valence-electron chi connectivity index (χ1n) is 20.0. The predicted molar refractivity (Wildman–Crippen MR) is 243 cm³/mol. The molecule has 12 rings (SSSR count). The molecule has 1 aliphatic carbocycles. The number of pyridine rings is 1. The Morgan fingerprint density at radius 3 is 1.07 bits per heavy atom. The molecule has 1 aliphatic rings. The van der Waals surface area contributed by atoms with E-state index in [-0.39, 0.29) is 5.41 Å². The number of hydrogen-bond donors (Lipinski definition) is 0. The van der Waals surface area contributed by atoms with Crippen molar-refractivity contribution in [2.75, 3.05) is 0 Å². The van der Waals surface area contributed by atoms with Crippen molar-refractivity contribution in [2.24, 2.45) is 0 Å². The molecule has 0 unspecified atom stereocenters. The average Bonchev–Trinajstić information content (AvgIpc) is 3.49. The predicted octanol–water partition coefficient (Wildman–Crippen LogP) is 15.3. The smallest absolute Gasteiger partial charge is 0.0346 e. The van der Waals surface area contributed by atoms with Crippen molar-refractivity contribution in [1.82, 2.24) is 4.98 Å². The summed E-state index contributed by atoms with van der Waals surface area (Å²) >= 11 is 0. The Kier molecular flexibility index (Phi) is 6.75. The van der Waals surface area contributed by atoms with Gasteiger partial charge in [-0.1, -0.05) is 159 Å². The molecule has 11 aromatic rings. The lowest BCUT2D eigenvalue weighted by molar-refractivity contribution is 0.663. The van der Waals surface area contributed by atoms with Crippen molar-refractivity contribution in [3.63, 3.8) is 0 Å². The van der Waals surface area contributed by atoms with Crippen LogP contribution in [0.4, 0.5) is 0 Å². The second kappa shape index (κ2) is 12.0. The third kappa shape index (κ3) is 4.54. The fourth-order valence-electron chi connectivity index (χ4n) is 10.4. The van der Waals surface area contributed by atoms with E-state index in [0.29, 0.717) is 0 Å². The lowest BCUT2D eigenvalue weighted by atomic mass is 9.78. The van der Waals surface area contributed by atoms with Crippen LogP contribution in [-0.4, -0.2) is 4.98 Å². The molecule has 0 aliphatic heterocycles. The normalized spacial score (nSPS) is 13.2. The second-order valence-corrected chi connectivity index (χ2v) is 16.2. The van der Waals surface area contributed by atoms with Crippen molar-refractivity contribution in [2.45, 2.75) is 19.3 Å². The van der Waals surface area contributed by atoms with Crippen molar-refractivity contribution in [1.29, 1.82) is 0 Å². The molecule has 0 radical (unpaired) electrons. The van der Waals surface area contributed by atoms with Crippen molar-refractivity contribution < 1.29 is 0 Å². The molecule has 1 aromatic heterocycles. The molecule has 0 N–H and O–H groups in total. The zero-order valence-corrected chi connectivity index (χ0v) is 31.8. The van der Waals surface area contributed by atoms with Gasteiger partial charge in [-0.25, -0.2) is 0 Å². The Morgan fingerprint density at radius 2 is 0.684 bits per heavy atom. The Balaban J connectivity index is 1.11. The van der Waals surface area contributed by atoms with Gasteiger partial charge in [-0.15, -0.1) is 0 Å². The van der Waals surface area contributed by atoms with Gasteiger partial charge in [0.2, 0.25) is 0 Å². The van der Waals surface area contributed by atoms with Crippen LogP contribution in [0, 0.1) is 0 Å². The van der Waals surface area contributed by atoms with Gasteiger partial charge in [0.05, 0.1) is 0 Å². The quantitative estimate of drug-likeness (QED) is 0.130. The van der Waals surface area contributed by atoms with Gasteiger partial charge in [0.25, 0.3) is 0 Å². The van der Waals surface area contributed by atoms with Crippen LogP contribution >= 0.6 is 0 Å². The number of aromatic nitrogens is 1. The molecule has 1 nitrogen and oxygen atoms in total. The molecule has 0 atom stereocenters. The highest BCUT2D eigenvalue weighted by molar-refractivity contribution is 6.25. The van der Waals surface area contributed by atoms with Crippen molar-refractivity contribution in [3.05, 3.63) is 199 Å². The highest BCUT2D eigenvalue weighted by atomic mass is 14.6. The van der Waals surface area contributed by atoms with E-state index < -0.39 is 0 Å². The Morgan fingerprint density at radius 1 is 0.333 bits per heavy atom. The van der Waals surface area contributed by atoms with E-state index in [1.165, 1.54) is 115 Å². The van der Waals surface area contributed by atoms with E-state index in [1.54, 1.807) is 0 Å². The minimum absolute atomic E-state index is 0.219. The molecule has 0 amide bonds. The van der Waals surface area contributed by atoms with E-state index in [2.05, 4.69) is 189 Å². The molecule has 0 bridgehead atoms. The van der Waals surface area contributed by atoms with Gasteiger partial charge in [0.15, 0.2) is 0 Å². The van der Waals surface area contributed by atoms with E-state index in [1.807, 2.05) is 18.5 Å². The zero-order chi connectivity index (χ0) is 37.8. The number of benzene rings is 10. The third-order valence-corrected chi connectivity index (χ3v) is 12.8. The van der Waals surface area contributed by atoms with Gasteiger partial charge < -0.3 is 0 Å². The van der Waals surface area contributed by atoms with E-state index in [4.69, 9.17) is 0 Å². The van der Waals surface area contributed by atoms with Crippen LogP contribution in [0.3, 0.4) is 0 Å². The summed E-state index contributed by atoms with van der Waals surface area (Å²) in [4.78, 5) is 4.52. The molecule has 1 heterocycles. The first-order valence-corrected chi connectivity index (χ1v) is 20.0. The average molecular weight is 724 g/mol. The van der Waals surface area contributed by atoms with Crippen molar-refractivity contribution >= 4 is 64.6 Å². The summed E-state index contributed by atoms with van der Waals surface area (Å²) in [7, 11) is 0. The molecule has 0 spiro atoms. The molecule has 0 saturated heterocycles. The van der Waals surface area contributed by atoms with Crippen LogP contribution in [0.2, 0.25) is 0 Å². The topological polar surface area (TPSA) is 12.9 Å². The van der Waals surface area contributed by atoms with Crippen molar-refractivity contribution in [3.8, 4) is 44.5 Å². The molecule has 0 saturated carbocycles. The van der Waals surface area contributed by atoms with E-state index in [9.17, 15) is 0 Å². The number of nitrogens with zero attached hydrogens (tertiary/aromatic N) is 1. The van der Waals surface area contributed by atoms with Crippen LogP contribution in [0.5, 0.6) is 0 Å². The fourth-order valence-corrected chi connectivity index (χ4v) is 10.4. The maximum absolute atomic E-state index is 4.52. The van der Waals surface area contributed by atoms with Gasteiger partial charge >= 0.3 is 0 Å². The number of hydrogen-bond acceptors (Lipinski definition) is 1. The molecule has 0 fully saturated rings. The standard InChI is InChI=1S/C56H37N/c1-56(2)48-31-38(52-44-22-10-6-18-40(44)50(34-15-4-3-5-16-34)41-19-7-11-23-45(41)52)29-35-26-27-36-30-39(32-49(56)55(36)54(35)48)53-46-24-12-8-20-42(46)51(37-17-14-28-57-33-37)43-21-9-13-25-47(43)53/h3-33H,1-2H3. The molecular formula is C56H37N. The van der Waals surface area contributed by atoms with Gasteiger partial charge in [-0.05, 0) is 145 Å². The third-order valence-electron chi connectivity index (χ3n) is 12.8. The van der Waals surface area contributed by atoms with Gasteiger partial charge in [0, 0.05) is 23.4 Å². The Bertz CT molecular complexity index is 3120. The first-order chi connectivity index (χ1) is 28.1. The maximum atomic E-state index is 4.52. The molecular weight excluding hydrogens is 687 g/mol. The van der Waals surface area contributed by atoms with Crippen LogP contribution in [-0.2, 0) is 5.41 Å². The maximum Gasteiger partial charge on any atom is 0.0346 e. The summed E-state index contributed by atoms with van der Waals surface area (Å²) in [6.07, 6.45) is 3.85. The monoisotopic (exact) mass is 723 g/mol. The van der Waals surface area contributed by atoms with E-state index >= 15 is 0 Å². The highest BCUT2D eigenvalue weighted by Gasteiger charge is 2.35. The SMILES string of the molecule is CC1(C)c2cc(-c3c4ccccc4c(-c4ccccc4)c4ccccc34)cc3ccc4cc(-c5c6ccccc6c(-c6cccnc6)c6ccccc56)cc1c4c23. The summed E-state index contributed by atoms with van der Waals surface area (Å²) in [6.45, 7) is 4.86. The molecule has 1 heteroatoms. The second-order valence-electron chi connectivity index (χ2n) is 16.2. The largest absolute Gasteiger partial charge is 0.264 e. The van der Waals surface area contributed by atoms with Crippen LogP contribution in [0.1, 0.15) is 25.0 Å². The number of fused-ring (bicyclic) bond motifs is 4. The summed E-state index contributed by atoms with van der Waals surface area (Å²) in [5, 5.41) is 15.5. The summed E-state index contributed by atoms with van der Waals surface area (Å²) in [5.74, 6) is 0. The number of rotatable bonds is 4. The molecule has 57 heavy (non-hydrogen) atoms. The summed E-state index contributed by atoms with van der Waals surface area (Å²) in [6, 6.07) is 65.6. The first kappa shape index (κ1) is 32.2. The lowest BCUT2D eigenvalue weighted by Gasteiger charge is -2.24. The van der Waals surface area contributed by atoms with Crippen LogP contribution < -0.4 is 0 Å². The Hall–Kier alpha value is -7.09. The zero-order valence-electron chi connectivity index (χ0n) is 31.8. The highest BCUT2D eigenvalue weighted by Crippen LogP contribution is 2.54. The summed E-state index contributed by atoms with van der Waals surface area (Å²) < 4.78 is 0. The van der Waals surface area contributed by atoms with Gasteiger partial charge in [-0.3, -0.25) is 4.98 Å². The molecule has 266 valence electrons. The van der Waals surface area contributed by atoms with Crippen LogP contribution in [0.15, 0.2) is 188 Å². The molecule has 10 aromatic carbocycles. The lowest BCUT2D eigenvalue weighted by Crippen LogP contribution is -2.15. The van der Waals surface area contributed by atoms with E-state index in [0.717, 1.165) is 5.56 Å². The van der Waals surface area contributed by atoms with Gasteiger partial charge in [0.1, 0.15) is 0 Å². The fraction of sp³-hybridized carbons (Fsp3) is 0.0536. The van der Waals surface area contributed by atoms with Crippen LogP contribution in [0.25, 0.3) is 109 Å². The minimum atomic E-state index is -0.219. The minimum Gasteiger partial charge on any atom is -0.264 e. The van der Waals surface area contributed by atoms with Gasteiger partial charge in [-0.2, -0.15) is 0 Å². The Labute approximate surface area is 331 Å².